The maximum Gasteiger partial charge on any atom is 1.00 e. The largest absolute Gasteiger partial charge is 1.00 e. The Morgan fingerprint density at radius 1 is 0.727 bits per heavy atom. The molecule has 0 saturated carbocycles. The number of phenols is 4. The molecule has 2 aromatic carbocycles. The summed E-state index contributed by atoms with van der Waals surface area (Å²) in [5, 5.41) is 38.7. The number of phenolic OH excluding ortho intramolecular Hbond substituents is 4. The van der Waals surface area contributed by atoms with E-state index in [-0.39, 0.29) is 23.0 Å². The van der Waals surface area contributed by atoms with Crippen molar-refractivity contribution in [3.63, 3.8) is 0 Å². The van der Waals surface area contributed by atoms with Crippen LogP contribution in [0.3, 0.4) is 0 Å². The third-order valence-corrected chi connectivity index (χ3v) is 3.55. The van der Waals surface area contributed by atoms with Gasteiger partial charge in [-0.3, -0.25) is 0 Å². The fraction of sp³-hybridized carbons (Fsp3) is 0. The van der Waals surface area contributed by atoms with Crippen LogP contribution in [0.5, 0.6) is 23.0 Å². The summed E-state index contributed by atoms with van der Waals surface area (Å²) in [5.74, 6) is -2.75. The molecule has 0 bridgehead atoms. The van der Waals surface area contributed by atoms with E-state index in [2.05, 4.69) is 0 Å². The number of aromatic hydroxyl groups is 4. The fourth-order valence-electron chi connectivity index (χ4n) is 2.58. The van der Waals surface area contributed by atoms with Gasteiger partial charge in [-0.25, -0.2) is 9.59 Å². The highest BCUT2D eigenvalue weighted by Gasteiger charge is 2.24. The Hall–Kier alpha value is -3.42. The second-order valence-electron chi connectivity index (χ2n) is 4.77. The van der Waals surface area contributed by atoms with Crippen molar-refractivity contribution in [2.24, 2.45) is 0 Å². The van der Waals surface area contributed by atoms with Gasteiger partial charge in [-0.1, -0.05) is 0 Å². The normalized spacial score (nSPS) is 11.8. The highest BCUT2D eigenvalue weighted by atomic mass is 16.4. The molecule has 0 fully saturated rings. The Morgan fingerprint density at radius 2 is 1.09 bits per heavy atom. The van der Waals surface area contributed by atoms with E-state index in [4.69, 9.17) is 8.83 Å². The van der Waals surface area contributed by atoms with E-state index in [0.717, 1.165) is 12.1 Å². The maximum atomic E-state index is 12.0. The second-order valence-corrected chi connectivity index (χ2v) is 4.77. The molecule has 0 radical (unpaired) electrons. The Bertz CT molecular complexity index is 1110. The molecule has 0 unspecified atom stereocenters. The van der Waals surface area contributed by atoms with Crippen molar-refractivity contribution in [1.82, 2.24) is 0 Å². The number of hydrogen-bond donors (Lipinski definition) is 4. The summed E-state index contributed by atoms with van der Waals surface area (Å²) in [7, 11) is 0. The molecule has 0 saturated heterocycles. The van der Waals surface area contributed by atoms with Gasteiger partial charge in [0.15, 0.2) is 22.7 Å². The summed E-state index contributed by atoms with van der Waals surface area (Å²) in [6.45, 7) is 0. The predicted octanol–water partition coefficient (Wildman–Crippen LogP) is 1.43. The molecule has 4 aromatic rings. The molecular formula is C14H7O8+. The van der Waals surface area contributed by atoms with E-state index in [1.807, 2.05) is 0 Å². The lowest BCUT2D eigenvalue weighted by Crippen LogP contribution is -2.06. The van der Waals surface area contributed by atoms with Crippen molar-refractivity contribution in [2.75, 3.05) is 0 Å². The number of hydrogen-bond acceptors (Lipinski definition) is 8. The van der Waals surface area contributed by atoms with Crippen molar-refractivity contribution in [1.29, 1.82) is 0 Å². The van der Waals surface area contributed by atoms with Crippen LogP contribution in [-0.4, -0.2) is 20.4 Å². The smallest absolute Gasteiger partial charge is 0.504 e. The van der Waals surface area contributed by atoms with E-state index in [1.54, 1.807) is 0 Å². The average Bonchev–Trinajstić information content (AvgIpc) is 2.47. The maximum absolute atomic E-state index is 12.0. The highest BCUT2D eigenvalue weighted by Crippen LogP contribution is 2.44. The van der Waals surface area contributed by atoms with Crippen LogP contribution in [0.4, 0.5) is 0 Å². The number of rotatable bonds is 0. The zero-order valence-corrected chi connectivity index (χ0v) is 10.6. The first-order valence-electron chi connectivity index (χ1n) is 6.02. The lowest BCUT2D eigenvalue weighted by molar-refractivity contribution is 0.395. The minimum atomic E-state index is -0.941. The summed E-state index contributed by atoms with van der Waals surface area (Å²) in [4.78, 5) is 24.0. The Kier molecular flexibility index (Phi) is 2.02. The van der Waals surface area contributed by atoms with Gasteiger partial charge < -0.3 is 29.3 Å². The Balaban J connectivity index is 0.00000156. The molecule has 4 rings (SSSR count). The molecule has 0 atom stereocenters. The van der Waals surface area contributed by atoms with Crippen LogP contribution in [0.1, 0.15) is 1.43 Å². The molecule has 0 aliphatic carbocycles. The van der Waals surface area contributed by atoms with Crippen molar-refractivity contribution in [2.45, 2.75) is 0 Å². The third kappa shape index (κ3) is 1.26. The van der Waals surface area contributed by atoms with Crippen LogP contribution < -0.4 is 11.3 Å². The molecule has 2 heterocycles. The van der Waals surface area contributed by atoms with E-state index in [0.29, 0.717) is 0 Å². The summed E-state index contributed by atoms with van der Waals surface area (Å²) >= 11 is 0. The monoisotopic (exact) mass is 303 g/mol. The van der Waals surface area contributed by atoms with E-state index >= 15 is 0 Å². The van der Waals surface area contributed by atoms with Gasteiger partial charge in [0, 0.05) is 10.8 Å². The molecule has 2 aromatic heterocycles. The van der Waals surface area contributed by atoms with Gasteiger partial charge in [-0.15, -0.1) is 0 Å². The molecule has 4 N–H and O–H groups in total. The topological polar surface area (TPSA) is 141 Å². The van der Waals surface area contributed by atoms with E-state index in [9.17, 15) is 30.0 Å². The van der Waals surface area contributed by atoms with Crippen molar-refractivity contribution in [3.8, 4) is 23.0 Å². The lowest BCUT2D eigenvalue weighted by Gasteiger charge is -2.10. The molecule has 22 heavy (non-hydrogen) atoms. The minimum absolute atomic E-state index is 0. The van der Waals surface area contributed by atoms with Gasteiger partial charge in [0.1, 0.15) is 0 Å². The Labute approximate surface area is 120 Å². The fourth-order valence-corrected chi connectivity index (χ4v) is 2.58. The van der Waals surface area contributed by atoms with Crippen molar-refractivity contribution < 1.29 is 30.7 Å². The molecule has 0 spiro atoms. The number of benzene rings is 2. The van der Waals surface area contributed by atoms with Crippen molar-refractivity contribution in [3.05, 3.63) is 33.0 Å². The van der Waals surface area contributed by atoms with E-state index in [1.165, 1.54) is 0 Å². The molecular weight excluding hydrogens is 296 g/mol. The first kappa shape index (κ1) is 12.3. The molecule has 0 aliphatic heterocycles. The van der Waals surface area contributed by atoms with Gasteiger partial charge in [0.25, 0.3) is 0 Å². The molecule has 0 aliphatic rings. The molecule has 0 amide bonds. The quantitative estimate of drug-likeness (QED) is 0.217. The molecule has 8 heteroatoms. The Morgan fingerprint density at radius 3 is 1.45 bits per heavy atom. The van der Waals surface area contributed by atoms with Crippen LogP contribution in [0.15, 0.2) is 30.6 Å². The van der Waals surface area contributed by atoms with Crippen LogP contribution >= 0.6 is 0 Å². The zero-order chi connectivity index (χ0) is 15.8. The summed E-state index contributed by atoms with van der Waals surface area (Å²) in [6, 6.07) is 1.93. The average molecular weight is 303 g/mol. The van der Waals surface area contributed by atoms with Crippen molar-refractivity contribution >= 4 is 32.7 Å². The van der Waals surface area contributed by atoms with Gasteiger partial charge in [-0.2, -0.15) is 0 Å². The molecule has 8 nitrogen and oxygen atoms in total. The summed E-state index contributed by atoms with van der Waals surface area (Å²) in [6.07, 6.45) is 0. The van der Waals surface area contributed by atoms with Crippen LogP contribution in [-0.2, 0) is 0 Å². The van der Waals surface area contributed by atoms with Gasteiger partial charge in [0.2, 0.25) is 11.5 Å². The van der Waals surface area contributed by atoms with Crippen LogP contribution in [0.25, 0.3) is 32.7 Å². The highest BCUT2D eigenvalue weighted by molar-refractivity contribution is 6.22. The van der Waals surface area contributed by atoms with Gasteiger partial charge in [-0.05, 0) is 12.1 Å². The lowest BCUT2D eigenvalue weighted by atomic mass is 10.0. The summed E-state index contributed by atoms with van der Waals surface area (Å²) < 4.78 is 9.87. The first-order chi connectivity index (χ1) is 10.4. The van der Waals surface area contributed by atoms with Crippen LogP contribution in [0.2, 0.25) is 0 Å². The zero-order valence-electron chi connectivity index (χ0n) is 11.6. The first-order valence-corrected chi connectivity index (χ1v) is 6.02. The second kappa shape index (κ2) is 3.61. The van der Waals surface area contributed by atoms with E-state index < -0.39 is 45.4 Å². The van der Waals surface area contributed by atoms with Gasteiger partial charge >= 0.3 is 12.7 Å². The standard InChI is InChI=1S/C14H6O8/c15-5-1-3-7-8-4(14(20)22-11(7)9(5)17)2-6(16)10(18)12(8)21-13(3)19/h1-2,15-18H/p+1. The predicted molar refractivity (Wildman–Crippen MR) is 75.0 cm³/mol. The summed E-state index contributed by atoms with van der Waals surface area (Å²) in [5.41, 5.74) is -2.70. The van der Waals surface area contributed by atoms with Crippen LogP contribution in [0, 0.1) is 0 Å². The molecule has 110 valence electrons. The third-order valence-electron chi connectivity index (χ3n) is 3.55. The van der Waals surface area contributed by atoms with Gasteiger partial charge in [0.05, 0.1) is 10.8 Å². The minimum Gasteiger partial charge on any atom is -0.504 e. The SMILES string of the molecule is O=c1oc2c(O)c(O)cc3c(=O)oc4c(O)c(O)cc1c4c23.[H+].